The van der Waals surface area contributed by atoms with E-state index in [1.54, 1.807) is 31.2 Å². The van der Waals surface area contributed by atoms with Gasteiger partial charge in [-0.2, -0.15) is 0 Å². The molecule has 1 fully saturated rings. The van der Waals surface area contributed by atoms with Crippen LogP contribution in [0.15, 0.2) is 59.4 Å². The van der Waals surface area contributed by atoms with Crippen LogP contribution < -0.4 is 21.6 Å². The van der Waals surface area contributed by atoms with Gasteiger partial charge in [0.15, 0.2) is 0 Å². The van der Waals surface area contributed by atoms with Crippen molar-refractivity contribution in [1.29, 1.82) is 0 Å². The summed E-state index contributed by atoms with van der Waals surface area (Å²) >= 11 is 0. The number of hydrogen-bond acceptors (Lipinski definition) is 8. The van der Waals surface area contributed by atoms with E-state index in [9.17, 15) is 24.0 Å². The molecule has 5 N–H and O–H groups in total. The maximum Gasteiger partial charge on any atom is 0.407 e. The number of benzene rings is 2. The Bertz CT molecular complexity index is 1930. The molecule has 1 aliphatic rings. The molecule has 2 aromatic carbocycles. The van der Waals surface area contributed by atoms with E-state index in [1.165, 1.54) is 0 Å². The van der Waals surface area contributed by atoms with Crippen LogP contribution in [0.2, 0.25) is 0 Å². The smallest absolute Gasteiger partial charge is 0.407 e. The standard InChI is InChI=1S/C38H46N6O7/c1-6-50-35(47)30-18-16-28(22(2)40-30)25-11-7-23(8-12-25)19-32(34(46)41-27-15-17-29-31(20-27)44-36(48)43-29)42-33(45)26-13-9-24(10-14-26)21-39-37(49)51-38(3,4)5/h7-8,11-12,15-18,20,24,26,32H,6,9-10,13-14,19,21H2,1-5H3,(H,39,49)(H,41,46)(H,42,45)(H2,43,44,48)/t24-,26-,32-/m0/s1. The number of rotatable bonds is 11. The lowest BCUT2D eigenvalue weighted by molar-refractivity contribution is -0.130. The number of nitrogens with zero attached hydrogens (tertiary/aromatic N) is 1. The normalized spacial score (nSPS) is 16.6. The van der Waals surface area contributed by atoms with Crippen molar-refractivity contribution < 1.29 is 28.7 Å². The fourth-order valence-corrected chi connectivity index (χ4v) is 6.25. The van der Waals surface area contributed by atoms with E-state index in [0.717, 1.165) is 29.5 Å². The highest BCUT2D eigenvalue weighted by Gasteiger charge is 2.30. The summed E-state index contributed by atoms with van der Waals surface area (Å²) < 4.78 is 10.4. The number of imidazole rings is 1. The molecule has 5 rings (SSSR count). The zero-order valence-corrected chi connectivity index (χ0v) is 29.7. The van der Waals surface area contributed by atoms with Crippen LogP contribution in [0.4, 0.5) is 10.5 Å². The molecule has 3 amide bonds. The fraction of sp³-hybridized carbons (Fsp3) is 0.421. The van der Waals surface area contributed by atoms with Gasteiger partial charge >= 0.3 is 17.8 Å². The monoisotopic (exact) mass is 698 g/mol. The summed E-state index contributed by atoms with van der Waals surface area (Å²) in [5, 5.41) is 8.75. The summed E-state index contributed by atoms with van der Waals surface area (Å²) in [6, 6.07) is 15.3. The van der Waals surface area contributed by atoms with Gasteiger partial charge < -0.3 is 35.4 Å². The summed E-state index contributed by atoms with van der Waals surface area (Å²) in [5.41, 5.74) is 4.20. The van der Waals surface area contributed by atoms with Crippen molar-refractivity contribution >= 4 is 40.6 Å². The van der Waals surface area contributed by atoms with Gasteiger partial charge in [-0.3, -0.25) is 9.59 Å². The van der Waals surface area contributed by atoms with Crippen molar-refractivity contribution in [3.8, 4) is 11.1 Å². The van der Waals surface area contributed by atoms with Crippen LogP contribution in [0, 0.1) is 18.8 Å². The highest BCUT2D eigenvalue weighted by Crippen LogP contribution is 2.29. The minimum absolute atomic E-state index is 0.195. The zero-order chi connectivity index (χ0) is 36.7. The Morgan fingerprint density at radius 1 is 0.941 bits per heavy atom. The van der Waals surface area contributed by atoms with Crippen LogP contribution in [0.25, 0.3) is 22.2 Å². The quantitative estimate of drug-likeness (QED) is 0.129. The van der Waals surface area contributed by atoms with E-state index in [0.29, 0.717) is 41.8 Å². The molecule has 0 aliphatic heterocycles. The molecule has 1 atom stereocenters. The van der Waals surface area contributed by atoms with E-state index < -0.39 is 29.6 Å². The SMILES string of the molecule is CCOC(=O)c1ccc(-c2ccc(C[C@H](NC(=O)[C@H]3CC[C@H](CNC(=O)OC(C)(C)C)CC3)C(=O)Nc3ccc4[nH]c(=O)[nH]c4c3)cc2)c(C)n1. The summed E-state index contributed by atoms with van der Waals surface area (Å²) in [6.45, 7) is 9.76. The number of aromatic amines is 2. The molecule has 0 bridgehead atoms. The lowest BCUT2D eigenvalue weighted by atomic mass is 9.81. The molecule has 51 heavy (non-hydrogen) atoms. The average molecular weight is 699 g/mol. The Kier molecular flexibility index (Phi) is 11.6. The van der Waals surface area contributed by atoms with Crippen LogP contribution in [0.3, 0.4) is 0 Å². The Labute approximate surface area is 296 Å². The minimum Gasteiger partial charge on any atom is -0.461 e. The number of alkyl carbamates (subject to hydrolysis) is 1. The third-order valence-corrected chi connectivity index (χ3v) is 8.84. The van der Waals surface area contributed by atoms with E-state index in [4.69, 9.17) is 9.47 Å². The van der Waals surface area contributed by atoms with Crippen LogP contribution >= 0.6 is 0 Å². The van der Waals surface area contributed by atoms with Gasteiger partial charge in [0.2, 0.25) is 11.8 Å². The van der Waals surface area contributed by atoms with E-state index in [1.807, 2.05) is 58.0 Å². The summed E-state index contributed by atoms with van der Waals surface area (Å²) in [5.74, 6) is -1.10. The maximum absolute atomic E-state index is 13.7. The van der Waals surface area contributed by atoms with Crippen LogP contribution in [-0.4, -0.2) is 63.6 Å². The van der Waals surface area contributed by atoms with Crippen molar-refractivity contribution in [3.05, 3.63) is 82.0 Å². The molecule has 13 nitrogen and oxygen atoms in total. The highest BCUT2D eigenvalue weighted by molar-refractivity contribution is 5.99. The Morgan fingerprint density at radius 3 is 2.31 bits per heavy atom. The number of esters is 1. The van der Waals surface area contributed by atoms with Crippen LogP contribution in [0.1, 0.15) is 75.1 Å². The first kappa shape index (κ1) is 36.8. The molecule has 2 aromatic heterocycles. The molecule has 270 valence electrons. The number of ether oxygens (including phenoxy) is 2. The maximum atomic E-state index is 13.7. The van der Waals surface area contributed by atoms with Gasteiger partial charge in [-0.25, -0.2) is 19.4 Å². The Hall–Kier alpha value is -5.46. The molecule has 2 heterocycles. The third-order valence-electron chi connectivity index (χ3n) is 8.84. The van der Waals surface area contributed by atoms with Crippen LogP contribution in [0.5, 0.6) is 0 Å². The molecule has 4 aromatic rings. The number of pyridine rings is 1. The van der Waals surface area contributed by atoms with Gasteiger partial charge in [0.1, 0.15) is 17.3 Å². The predicted octanol–water partition coefficient (Wildman–Crippen LogP) is 5.40. The average Bonchev–Trinajstić information content (AvgIpc) is 3.46. The predicted molar refractivity (Wildman–Crippen MR) is 193 cm³/mol. The molecule has 1 aliphatic carbocycles. The number of nitrogens with one attached hydrogen (secondary N) is 5. The number of aryl methyl sites for hydroxylation is 1. The molecular weight excluding hydrogens is 652 g/mol. The van der Waals surface area contributed by atoms with Crippen molar-refractivity contribution in [1.82, 2.24) is 25.6 Å². The molecule has 0 unspecified atom stereocenters. The van der Waals surface area contributed by atoms with Gasteiger partial charge in [0.05, 0.1) is 17.6 Å². The van der Waals surface area contributed by atoms with E-state index in [-0.39, 0.29) is 42.2 Å². The largest absolute Gasteiger partial charge is 0.461 e. The zero-order valence-electron chi connectivity index (χ0n) is 29.7. The van der Waals surface area contributed by atoms with Crippen molar-refractivity contribution in [2.75, 3.05) is 18.5 Å². The first-order valence-corrected chi connectivity index (χ1v) is 17.3. The second kappa shape index (κ2) is 16.0. The number of carbonyl (C=O) groups excluding carboxylic acids is 4. The molecule has 0 radical (unpaired) electrons. The number of anilines is 1. The molecule has 0 saturated heterocycles. The first-order valence-electron chi connectivity index (χ1n) is 17.3. The Morgan fingerprint density at radius 2 is 1.65 bits per heavy atom. The number of hydrogen-bond donors (Lipinski definition) is 5. The second-order valence-electron chi connectivity index (χ2n) is 13.9. The van der Waals surface area contributed by atoms with Gasteiger partial charge in [-0.05, 0) is 102 Å². The summed E-state index contributed by atoms with van der Waals surface area (Å²) in [6.07, 6.45) is 2.57. The fourth-order valence-electron chi connectivity index (χ4n) is 6.25. The van der Waals surface area contributed by atoms with E-state index in [2.05, 4.69) is 30.9 Å². The van der Waals surface area contributed by atoms with Gasteiger partial charge in [-0.1, -0.05) is 30.3 Å². The van der Waals surface area contributed by atoms with Gasteiger partial charge in [0.25, 0.3) is 0 Å². The van der Waals surface area contributed by atoms with Gasteiger partial charge in [-0.15, -0.1) is 0 Å². The van der Waals surface area contributed by atoms with Crippen molar-refractivity contribution in [2.24, 2.45) is 11.8 Å². The lowest BCUT2D eigenvalue weighted by Gasteiger charge is -2.29. The summed E-state index contributed by atoms with van der Waals surface area (Å²) in [7, 11) is 0. The second-order valence-corrected chi connectivity index (χ2v) is 13.9. The highest BCUT2D eigenvalue weighted by atomic mass is 16.6. The summed E-state index contributed by atoms with van der Waals surface area (Å²) in [4.78, 5) is 73.1. The topological polar surface area (TPSA) is 184 Å². The minimum atomic E-state index is -0.886. The molecule has 0 spiro atoms. The number of fused-ring (bicyclic) bond motifs is 1. The first-order chi connectivity index (χ1) is 24.3. The Balaban J connectivity index is 1.26. The van der Waals surface area contributed by atoms with Crippen LogP contribution in [-0.2, 0) is 25.5 Å². The third kappa shape index (κ3) is 10.1. The number of aromatic nitrogens is 3. The van der Waals surface area contributed by atoms with Gasteiger partial charge in [0, 0.05) is 35.8 Å². The van der Waals surface area contributed by atoms with Crippen molar-refractivity contribution in [3.63, 3.8) is 0 Å². The number of carbonyl (C=O) groups is 4. The van der Waals surface area contributed by atoms with E-state index >= 15 is 0 Å². The lowest BCUT2D eigenvalue weighted by Crippen LogP contribution is -2.48. The molecule has 13 heteroatoms. The van der Waals surface area contributed by atoms with Crippen molar-refractivity contribution in [2.45, 2.75) is 78.4 Å². The number of H-pyrrole nitrogens is 2. The number of amides is 3. The molecule has 1 saturated carbocycles. The molecular formula is C38H46N6O7.